The van der Waals surface area contributed by atoms with Crippen LogP contribution in [0.5, 0.6) is 0 Å². The molecule has 1 saturated heterocycles. The van der Waals surface area contributed by atoms with Crippen molar-refractivity contribution in [1.82, 2.24) is 4.90 Å². The summed E-state index contributed by atoms with van der Waals surface area (Å²) in [6, 6.07) is 4.86. The summed E-state index contributed by atoms with van der Waals surface area (Å²) >= 11 is 11.7. The highest BCUT2D eigenvalue weighted by atomic mass is 35.5. The van der Waals surface area contributed by atoms with E-state index in [0.717, 1.165) is 0 Å². The SMILES string of the molecule is CC(=O)N1CC(C(=O)Nc2cc(Cl)cc(Cl)c2)C1. The third-order valence-electron chi connectivity index (χ3n) is 2.83. The van der Waals surface area contributed by atoms with E-state index in [9.17, 15) is 9.59 Å². The molecule has 18 heavy (non-hydrogen) atoms. The van der Waals surface area contributed by atoms with E-state index in [2.05, 4.69) is 5.32 Å². The highest BCUT2D eigenvalue weighted by Gasteiger charge is 2.34. The van der Waals surface area contributed by atoms with Crippen LogP contribution < -0.4 is 5.32 Å². The Bertz CT molecular complexity index is 479. The first-order chi connectivity index (χ1) is 8.45. The van der Waals surface area contributed by atoms with Gasteiger partial charge in [0.2, 0.25) is 11.8 Å². The van der Waals surface area contributed by atoms with E-state index in [4.69, 9.17) is 23.2 Å². The van der Waals surface area contributed by atoms with Gasteiger partial charge in [-0.3, -0.25) is 9.59 Å². The summed E-state index contributed by atoms with van der Waals surface area (Å²) in [5.41, 5.74) is 0.568. The molecule has 0 saturated carbocycles. The minimum Gasteiger partial charge on any atom is -0.341 e. The van der Waals surface area contributed by atoms with E-state index in [0.29, 0.717) is 28.8 Å². The van der Waals surface area contributed by atoms with E-state index in [1.807, 2.05) is 0 Å². The predicted octanol–water partition coefficient (Wildman–Crippen LogP) is 2.41. The molecule has 2 amide bonds. The van der Waals surface area contributed by atoms with Gasteiger partial charge in [-0.2, -0.15) is 0 Å². The van der Waals surface area contributed by atoms with Crippen molar-refractivity contribution in [2.75, 3.05) is 18.4 Å². The minimum atomic E-state index is -0.161. The average molecular weight is 287 g/mol. The van der Waals surface area contributed by atoms with Crippen LogP contribution in [-0.4, -0.2) is 29.8 Å². The fourth-order valence-electron chi connectivity index (χ4n) is 1.77. The summed E-state index contributed by atoms with van der Waals surface area (Å²) in [5.74, 6) is -0.289. The molecule has 1 aromatic rings. The zero-order chi connectivity index (χ0) is 13.3. The third kappa shape index (κ3) is 2.94. The fourth-order valence-corrected chi connectivity index (χ4v) is 2.30. The smallest absolute Gasteiger partial charge is 0.231 e. The number of nitrogens with one attached hydrogen (secondary N) is 1. The summed E-state index contributed by atoms with van der Waals surface area (Å²) < 4.78 is 0. The lowest BCUT2D eigenvalue weighted by atomic mass is 9.99. The van der Waals surface area contributed by atoms with Gasteiger partial charge in [0.25, 0.3) is 0 Å². The maximum absolute atomic E-state index is 11.9. The largest absolute Gasteiger partial charge is 0.341 e. The fraction of sp³-hybridized carbons (Fsp3) is 0.333. The number of rotatable bonds is 2. The Hall–Kier alpha value is -1.26. The number of nitrogens with zero attached hydrogens (tertiary/aromatic N) is 1. The van der Waals surface area contributed by atoms with Crippen LogP contribution >= 0.6 is 23.2 Å². The van der Waals surface area contributed by atoms with E-state index >= 15 is 0 Å². The Balaban J connectivity index is 1.94. The van der Waals surface area contributed by atoms with Crippen LogP contribution in [0.1, 0.15) is 6.92 Å². The van der Waals surface area contributed by atoms with Gasteiger partial charge in [0, 0.05) is 35.7 Å². The van der Waals surface area contributed by atoms with E-state index < -0.39 is 0 Å². The molecule has 0 unspecified atom stereocenters. The maximum atomic E-state index is 11.9. The van der Waals surface area contributed by atoms with Crippen molar-refractivity contribution in [2.24, 2.45) is 5.92 Å². The van der Waals surface area contributed by atoms with Crippen LogP contribution in [0.3, 0.4) is 0 Å². The van der Waals surface area contributed by atoms with Gasteiger partial charge in [0.05, 0.1) is 5.92 Å². The molecule has 1 aliphatic heterocycles. The quantitative estimate of drug-likeness (QED) is 0.908. The van der Waals surface area contributed by atoms with Crippen molar-refractivity contribution in [3.8, 4) is 0 Å². The number of benzene rings is 1. The third-order valence-corrected chi connectivity index (χ3v) is 3.26. The minimum absolute atomic E-state index is 0.00940. The molecule has 0 bridgehead atoms. The number of likely N-dealkylation sites (tertiary alicyclic amines) is 1. The Morgan fingerprint density at radius 3 is 2.28 bits per heavy atom. The average Bonchev–Trinajstić information content (AvgIpc) is 2.11. The second-order valence-corrected chi connectivity index (χ2v) is 5.14. The highest BCUT2D eigenvalue weighted by molar-refractivity contribution is 6.35. The van der Waals surface area contributed by atoms with E-state index in [1.165, 1.54) is 6.92 Å². The molecular weight excluding hydrogens is 275 g/mol. The van der Waals surface area contributed by atoms with Crippen molar-refractivity contribution in [1.29, 1.82) is 0 Å². The summed E-state index contributed by atoms with van der Waals surface area (Å²) in [6.07, 6.45) is 0. The van der Waals surface area contributed by atoms with Crippen LogP contribution in [0.2, 0.25) is 10.0 Å². The molecule has 1 fully saturated rings. The predicted molar refractivity (Wildman–Crippen MR) is 70.8 cm³/mol. The molecule has 6 heteroatoms. The molecule has 1 heterocycles. The van der Waals surface area contributed by atoms with Gasteiger partial charge in [0.1, 0.15) is 0 Å². The van der Waals surface area contributed by atoms with Gasteiger partial charge in [0.15, 0.2) is 0 Å². The van der Waals surface area contributed by atoms with Crippen molar-refractivity contribution in [2.45, 2.75) is 6.92 Å². The van der Waals surface area contributed by atoms with E-state index in [-0.39, 0.29) is 17.7 Å². The monoisotopic (exact) mass is 286 g/mol. The van der Waals surface area contributed by atoms with Crippen LogP contribution in [0.15, 0.2) is 18.2 Å². The Kier molecular flexibility index (Phi) is 3.78. The van der Waals surface area contributed by atoms with Crippen LogP contribution in [0.25, 0.3) is 0 Å². The first-order valence-electron chi connectivity index (χ1n) is 5.48. The number of carbonyl (C=O) groups excluding carboxylic acids is 2. The lowest BCUT2D eigenvalue weighted by molar-refractivity contribution is -0.139. The topological polar surface area (TPSA) is 49.4 Å². The normalized spacial score (nSPS) is 15.2. The number of halogens is 2. The summed E-state index contributed by atoms with van der Waals surface area (Å²) in [5, 5.41) is 3.68. The zero-order valence-corrected chi connectivity index (χ0v) is 11.3. The standard InChI is InChI=1S/C12H12Cl2N2O2/c1-7(17)16-5-8(6-16)12(18)15-11-3-9(13)2-10(14)4-11/h2-4,8H,5-6H2,1H3,(H,15,18). The number of hydrogen-bond acceptors (Lipinski definition) is 2. The Labute approximate surface area is 115 Å². The molecule has 0 radical (unpaired) electrons. The van der Waals surface area contributed by atoms with Crippen molar-refractivity contribution < 1.29 is 9.59 Å². The van der Waals surface area contributed by atoms with Gasteiger partial charge < -0.3 is 10.2 Å². The van der Waals surface area contributed by atoms with Gasteiger partial charge in [-0.15, -0.1) is 0 Å². The lowest BCUT2D eigenvalue weighted by Crippen LogP contribution is -2.53. The Morgan fingerprint density at radius 1 is 1.22 bits per heavy atom. The molecule has 4 nitrogen and oxygen atoms in total. The van der Waals surface area contributed by atoms with Crippen LogP contribution in [-0.2, 0) is 9.59 Å². The van der Waals surface area contributed by atoms with Crippen molar-refractivity contribution in [3.63, 3.8) is 0 Å². The highest BCUT2D eigenvalue weighted by Crippen LogP contribution is 2.24. The molecular formula is C12H12Cl2N2O2. The summed E-state index contributed by atoms with van der Waals surface area (Å²) in [7, 11) is 0. The first-order valence-corrected chi connectivity index (χ1v) is 6.24. The molecule has 0 aliphatic carbocycles. The first kappa shape index (κ1) is 13.2. The van der Waals surface area contributed by atoms with Gasteiger partial charge in [-0.1, -0.05) is 23.2 Å². The van der Waals surface area contributed by atoms with Gasteiger partial charge >= 0.3 is 0 Å². The zero-order valence-electron chi connectivity index (χ0n) is 9.74. The molecule has 1 aliphatic rings. The van der Waals surface area contributed by atoms with Crippen LogP contribution in [0, 0.1) is 5.92 Å². The molecule has 1 aromatic carbocycles. The number of carbonyl (C=O) groups is 2. The second kappa shape index (κ2) is 5.16. The number of anilines is 1. The molecule has 0 aromatic heterocycles. The molecule has 0 atom stereocenters. The van der Waals surface area contributed by atoms with Crippen molar-refractivity contribution in [3.05, 3.63) is 28.2 Å². The number of amides is 2. The molecule has 96 valence electrons. The molecule has 1 N–H and O–H groups in total. The van der Waals surface area contributed by atoms with Crippen LogP contribution in [0.4, 0.5) is 5.69 Å². The molecule has 2 rings (SSSR count). The Morgan fingerprint density at radius 2 is 1.78 bits per heavy atom. The number of hydrogen-bond donors (Lipinski definition) is 1. The summed E-state index contributed by atoms with van der Waals surface area (Å²) in [6.45, 7) is 2.43. The molecule has 0 spiro atoms. The van der Waals surface area contributed by atoms with Gasteiger partial charge in [-0.05, 0) is 18.2 Å². The summed E-state index contributed by atoms with van der Waals surface area (Å²) in [4.78, 5) is 24.5. The van der Waals surface area contributed by atoms with Crippen molar-refractivity contribution >= 4 is 40.7 Å². The second-order valence-electron chi connectivity index (χ2n) is 4.27. The van der Waals surface area contributed by atoms with Gasteiger partial charge in [-0.25, -0.2) is 0 Å². The lowest BCUT2D eigenvalue weighted by Gasteiger charge is -2.37. The maximum Gasteiger partial charge on any atom is 0.231 e. The van der Waals surface area contributed by atoms with E-state index in [1.54, 1.807) is 23.1 Å².